The van der Waals surface area contributed by atoms with Crippen LogP contribution in [0.25, 0.3) is 5.65 Å². The molecule has 0 saturated carbocycles. The molecule has 0 aliphatic carbocycles. The van der Waals surface area contributed by atoms with E-state index in [9.17, 15) is 4.79 Å². The summed E-state index contributed by atoms with van der Waals surface area (Å²) in [5, 5.41) is 3.83. The van der Waals surface area contributed by atoms with Crippen molar-refractivity contribution in [3.8, 4) is 0 Å². The van der Waals surface area contributed by atoms with Crippen LogP contribution < -0.4 is 0 Å². The number of nitrogens with zero attached hydrogens (tertiary/aromatic N) is 4. The molecule has 2 aromatic rings. The average molecular weight is 148 g/mol. The Hall–Kier alpha value is -1.78. The zero-order valence-corrected chi connectivity index (χ0v) is 5.51. The van der Waals surface area contributed by atoms with Crippen molar-refractivity contribution < 1.29 is 4.79 Å². The van der Waals surface area contributed by atoms with E-state index in [2.05, 4.69) is 15.1 Å². The average Bonchev–Trinajstić information content (AvgIpc) is 2.50. The van der Waals surface area contributed by atoms with E-state index < -0.39 is 0 Å². The Kier molecular flexibility index (Phi) is 1.15. The first-order chi connectivity index (χ1) is 5.42. The molecule has 0 atom stereocenters. The number of hydrogen-bond donors (Lipinski definition) is 0. The summed E-state index contributed by atoms with van der Waals surface area (Å²) in [4.78, 5) is 18.0. The summed E-state index contributed by atoms with van der Waals surface area (Å²) in [6.07, 6.45) is 5.20. The van der Waals surface area contributed by atoms with Crippen molar-refractivity contribution in [2.75, 3.05) is 0 Å². The second kappa shape index (κ2) is 2.12. The molecule has 0 aliphatic rings. The lowest BCUT2D eigenvalue weighted by atomic mass is 10.5. The summed E-state index contributed by atoms with van der Waals surface area (Å²) in [7, 11) is 0. The van der Waals surface area contributed by atoms with E-state index in [1.807, 2.05) is 0 Å². The molecule has 5 heteroatoms. The lowest BCUT2D eigenvalue weighted by Gasteiger charge is -1.91. The van der Waals surface area contributed by atoms with Gasteiger partial charge in [0.05, 0.1) is 0 Å². The van der Waals surface area contributed by atoms with Gasteiger partial charge < -0.3 is 0 Å². The fraction of sp³-hybridized carbons (Fsp3) is 0. The Labute approximate surface area is 61.7 Å². The molecule has 0 fully saturated rings. The number of aldehydes is 1. The highest BCUT2D eigenvalue weighted by atomic mass is 16.1. The van der Waals surface area contributed by atoms with Crippen LogP contribution in [0.15, 0.2) is 18.7 Å². The first-order valence-corrected chi connectivity index (χ1v) is 3.01. The van der Waals surface area contributed by atoms with Crippen LogP contribution >= 0.6 is 0 Å². The largest absolute Gasteiger partial charge is 0.296 e. The molecule has 0 spiro atoms. The normalized spacial score (nSPS) is 10.2. The van der Waals surface area contributed by atoms with Crippen LogP contribution in [0.5, 0.6) is 0 Å². The molecule has 2 heterocycles. The summed E-state index contributed by atoms with van der Waals surface area (Å²) in [6, 6.07) is 0. The van der Waals surface area contributed by atoms with Gasteiger partial charge in [-0.3, -0.25) is 4.79 Å². The third-order valence-corrected chi connectivity index (χ3v) is 1.34. The minimum atomic E-state index is 0.310. The molecule has 0 saturated heterocycles. The highest BCUT2D eigenvalue weighted by Gasteiger charge is 2.00. The Morgan fingerprint density at radius 3 is 3.18 bits per heavy atom. The lowest BCUT2D eigenvalue weighted by molar-refractivity contribution is 0.112. The van der Waals surface area contributed by atoms with Gasteiger partial charge in [0.25, 0.3) is 0 Å². The molecule has 0 amide bonds. The van der Waals surface area contributed by atoms with E-state index in [4.69, 9.17) is 0 Å². The molecular formula is C6H4N4O. The fourth-order valence-electron chi connectivity index (χ4n) is 0.858. The van der Waals surface area contributed by atoms with Gasteiger partial charge in [-0.25, -0.2) is 14.5 Å². The predicted molar refractivity (Wildman–Crippen MR) is 36.2 cm³/mol. The molecule has 2 rings (SSSR count). The first-order valence-electron chi connectivity index (χ1n) is 3.01. The van der Waals surface area contributed by atoms with Crippen LogP contribution in [0.1, 0.15) is 10.5 Å². The van der Waals surface area contributed by atoms with Gasteiger partial charge in [-0.05, 0) is 0 Å². The Bertz CT molecular complexity index is 394. The maximum Gasteiger partial charge on any atom is 0.182 e. The number of fused-ring (bicyclic) bond motifs is 1. The number of hydrogen-bond acceptors (Lipinski definition) is 4. The predicted octanol–water partition coefficient (Wildman–Crippen LogP) is -0.0632. The third kappa shape index (κ3) is 0.778. The van der Waals surface area contributed by atoms with Gasteiger partial charge in [-0.15, -0.1) is 0 Å². The van der Waals surface area contributed by atoms with Crippen molar-refractivity contribution in [1.82, 2.24) is 19.6 Å². The van der Waals surface area contributed by atoms with Crippen molar-refractivity contribution in [3.63, 3.8) is 0 Å². The monoisotopic (exact) mass is 148 g/mol. The van der Waals surface area contributed by atoms with Gasteiger partial charge in [0, 0.05) is 12.4 Å². The smallest absolute Gasteiger partial charge is 0.182 e. The van der Waals surface area contributed by atoms with E-state index in [-0.39, 0.29) is 0 Å². The quantitative estimate of drug-likeness (QED) is 0.531. The summed E-state index contributed by atoms with van der Waals surface area (Å²) < 4.78 is 1.50. The fourth-order valence-corrected chi connectivity index (χ4v) is 0.858. The topological polar surface area (TPSA) is 60.2 Å². The maximum atomic E-state index is 10.4. The number of imidazole rings is 1. The van der Waals surface area contributed by atoms with E-state index in [0.29, 0.717) is 17.6 Å². The molecule has 0 aliphatic heterocycles. The minimum Gasteiger partial charge on any atom is -0.296 e. The van der Waals surface area contributed by atoms with Gasteiger partial charge >= 0.3 is 0 Å². The summed E-state index contributed by atoms with van der Waals surface area (Å²) >= 11 is 0. The van der Waals surface area contributed by atoms with E-state index in [1.165, 1.54) is 10.8 Å². The molecular weight excluding hydrogens is 144 g/mol. The summed E-state index contributed by atoms with van der Waals surface area (Å²) in [5.41, 5.74) is 0.799. The summed E-state index contributed by atoms with van der Waals surface area (Å²) in [6.45, 7) is 0. The number of carbonyl (C=O) groups excluding carboxylic acids is 1. The highest BCUT2D eigenvalue weighted by Crippen LogP contribution is 1.98. The van der Waals surface area contributed by atoms with Gasteiger partial charge in [0.2, 0.25) is 0 Å². The van der Waals surface area contributed by atoms with Crippen LogP contribution in [0.4, 0.5) is 0 Å². The van der Waals surface area contributed by atoms with Gasteiger partial charge in [-0.1, -0.05) is 0 Å². The molecule has 0 bridgehead atoms. The Morgan fingerprint density at radius 2 is 2.36 bits per heavy atom. The first kappa shape index (κ1) is 5.96. The van der Waals surface area contributed by atoms with E-state index in [0.717, 1.165) is 0 Å². The molecule has 0 aromatic carbocycles. The SMILES string of the molecule is O=Cc1ncnn2ccnc12. The van der Waals surface area contributed by atoms with Crippen molar-refractivity contribution in [3.05, 3.63) is 24.4 Å². The van der Waals surface area contributed by atoms with E-state index in [1.54, 1.807) is 12.4 Å². The van der Waals surface area contributed by atoms with Crippen molar-refractivity contribution in [2.45, 2.75) is 0 Å². The molecule has 11 heavy (non-hydrogen) atoms. The molecule has 0 radical (unpaired) electrons. The van der Waals surface area contributed by atoms with Crippen LogP contribution in [0.2, 0.25) is 0 Å². The summed E-state index contributed by atoms with van der Waals surface area (Å²) in [5.74, 6) is 0. The Balaban J connectivity index is 2.88. The molecule has 0 unspecified atom stereocenters. The van der Waals surface area contributed by atoms with Crippen molar-refractivity contribution in [2.24, 2.45) is 0 Å². The highest BCUT2D eigenvalue weighted by molar-refractivity contribution is 5.80. The van der Waals surface area contributed by atoms with Crippen LogP contribution in [0.3, 0.4) is 0 Å². The van der Waals surface area contributed by atoms with Gasteiger partial charge in [0.1, 0.15) is 12.0 Å². The van der Waals surface area contributed by atoms with Gasteiger partial charge in [0.15, 0.2) is 11.9 Å². The van der Waals surface area contributed by atoms with Crippen LogP contribution in [0, 0.1) is 0 Å². The van der Waals surface area contributed by atoms with Crippen molar-refractivity contribution >= 4 is 11.9 Å². The van der Waals surface area contributed by atoms with Crippen LogP contribution in [-0.2, 0) is 0 Å². The van der Waals surface area contributed by atoms with Gasteiger partial charge in [-0.2, -0.15) is 5.10 Å². The third-order valence-electron chi connectivity index (χ3n) is 1.34. The van der Waals surface area contributed by atoms with E-state index >= 15 is 0 Å². The van der Waals surface area contributed by atoms with Crippen LogP contribution in [-0.4, -0.2) is 25.9 Å². The molecule has 5 nitrogen and oxygen atoms in total. The molecule has 54 valence electrons. The maximum absolute atomic E-state index is 10.4. The number of aromatic nitrogens is 4. The zero-order chi connectivity index (χ0) is 7.68. The number of rotatable bonds is 1. The lowest BCUT2D eigenvalue weighted by Crippen LogP contribution is -1.97. The number of carbonyl (C=O) groups is 1. The van der Waals surface area contributed by atoms with Crippen molar-refractivity contribution in [1.29, 1.82) is 0 Å². The molecule has 0 N–H and O–H groups in total. The Morgan fingerprint density at radius 1 is 1.45 bits per heavy atom. The minimum absolute atomic E-state index is 0.310. The second-order valence-electron chi connectivity index (χ2n) is 1.96. The zero-order valence-electron chi connectivity index (χ0n) is 5.51. The standard InChI is InChI=1S/C6H4N4O/c11-3-5-6-7-1-2-10(6)9-4-8-5/h1-4H. The second-order valence-corrected chi connectivity index (χ2v) is 1.96. The molecule has 2 aromatic heterocycles.